The molecule has 4 nitrogen and oxygen atoms in total. The Labute approximate surface area is 109 Å². The van der Waals surface area contributed by atoms with E-state index in [1.54, 1.807) is 0 Å². The van der Waals surface area contributed by atoms with Gasteiger partial charge in [0.05, 0.1) is 26.2 Å². The van der Waals surface area contributed by atoms with Gasteiger partial charge < -0.3 is 9.47 Å². The quantitative estimate of drug-likeness (QED) is 0.589. The monoisotopic (exact) mass is 272 g/mol. The summed E-state index contributed by atoms with van der Waals surface area (Å²) >= 11 is 0. The summed E-state index contributed by atoms with van der Waals surface area (Å²) in [6.07, 6.45) is -0.869. The first kappa shape index (κ1) is 15.1. The fourth-order valence-corrected chi connectivity index (χ4v) is 1.43. The average molecular weight is 272 g/mol. The van der Waals surface area contributed by atoms with Crippen LogP contribution in [0.1, 0.15) is 23.7 Å². The Bertz CT molecular complexity index is 492. The van der Waals surface area contributed by atoms with Gasteiger partial charge in [0.2, 0.25) is 5.78 Å². The largest absolute Gasteiger partial charge is 0.497 e. The molecule has 0 N–H and O–H groups in total. The molecule has 0 aliphatic heterocycles. The van der Waals surface area contributed by atoms with Gasteiger partial charge in [-0.05, 0) is 12.1 Å². The summed E-state index contributed by atoms with van der Waals surface area (Å²) in [5.74, 6) is -5.02. The molecule has 0 saturated carbocycles. The van der Waals surface area contributed by atoms with Crippen LogP contribution in [0.5, 0.6) is 11.5 Å². The maximum absolute atomic E-state index is 12.7. The predicted octanol–water partition coefficient (Wildman–Crippen LogP) is 2.50. The van der Waals surface area contributed by atoms with Crippen LogP contribution in [0.3, 0.4) is 0 Å². The van der Waals surface area contributed by atoms with Crippen LogP contribution < -0.4 is 9.47 Å². The normalized spacial score (nSPS) is 11.0. The molecular weight excluding hydrogens is 258 g/mol. The molecule has 1 rings (SSSR count). The van der Waals surface area contributed by atoms with Crippen molar-refractivity contribution < 1.29 is 27.8 Å². The molecule has 0 amide bonds. The lowest BCUT2D eigenvalue weighted by molar-refractivity contribution is -0.139. The molecule has 0 aliphatic rings. The first-order valence-electron chi connectivity index (χ1n) is 5.46. The van der Waals surface area contributed by atoms with Crippen molar-refractivity contribution in [3.63, 3.8) is 0 Å². The lowest BCUT2D eigenvalue weighted by Gasteiger charge is -2.11. The molecule has 0 saturated heterocycles. The van der Waals surface area contributed by atoms with E-state index in [4.69, 9.17) is 9.47 Å². The minimum absolute atomic E-state index is 0.0703. The molecule has 1 aromatic carbocycles. The number of alkyl halides is 2. The highest BCUT2D eigenvalue weighted by molar-refractivity contribution is 6.11. The maximum atomic E-state index is 12.7. The van der Waals surface area contributed by atoms with Gasteiger partial charge in [0, 0.05) is 13.0 Å². The fraction of sp³-hybridized carbons (Fsp3) is 0.385. The average Bonchev–Trinajstić information content (AvgIpc) is 2.36. The van der Waals surface area contributed by atoms with E-state index in [1.165, 1.54) is 32.4 Å². The highest BCUT2D eigenvalue weighted by Gasteiger charge is 2.34. The van der Waals surface area contributed by atoms with Crippen LogP contribution in [0.15, 0.2) is 18.2 Å². The number of rotatable bonds is 6. The van der Waals surface area contributed by atoms with Crippen molar-refractivity contribution in [2.45, 2.75) is 19.3 Å². The van der Waals surface area contributed by atoms with Crippen molar-refractivity contribution in [1.82, 2.24) is 0 Å². The van der Waals surface area contributed by atoms with Crippen LogP contribution >= 0.6 is 0 Å². The zero-order chi connectivity index (χ0) is 14.6. The number of ether oxygens (including phenoxy) is 2. The van der Waals surface area contributed by atoms with Crippen LogP contribution in [-0.4, -0.2) is 31.7 Å². The topological polar surface area (TPSA) is 52.6 Å². The number of benzene rings is 1. The summed E-state index contributed by atoms with van der Waals surface area (Å²) in [5, 5.41) is 0. The van der Waals surface area contributed by atoms with Crippen molar-refractivity contribution in [1.29, 1.82) is 0 Å². The third kappa shape index (κ3) is 3.74. The summed E-state index contributed by atoms with van der Waals surface area (Å²) in [6.45, 7) is 0.466. The van der Waals surface area contributed by atoms with Crippen LogP contribution in [0.4, 0.5) is 8.78 Å². The van der Waals surface area contributed by atoms with Crippen LogP contribution in [0.2, 0.25) is 0 Å². The SMILES string of the molecule is COc1ccc(C(=O)CC(=O)C(C)(F)F)c(OC)c1. The zero-order valence-corrected chi connectivity index (χ0v) is 10.8. The van der Waals surface area contributed by atoms with Gasteiger partial charge in [0.25, 0.3) is 0 Å². The number of hydrogen-bond donors (Lipinski definition) is 0. The third-order valence-electron chi connectivity index (χ3n) is 2.52. The number of carbonyl (C=O) groups excluding carboxylic acids is 2. The molecule has 1 aromatic rings. The molecule has 0 heterocycles. The number of methoxy groups -OCH3 is 2. The molecule has 104 valence electrons. The summed E-state index contributed by atoms with van der Waals surface area (Å²) in [7, 11) is 2.78. The van der Waals surface area contributed by atoms with Crippen LogP contribution in [0.25, 0.3) is 0 Å². The van der Waals surface area contributed by atoms with Gasteiger partial charge in [0.15, 0.2) is 5.78 Å². The second-order valence-electron chi connectivity index (χ2n) is 3.98. The minimum atomic E-state index is -3.52. The minimum Gasteiger partial charge on any atom is -0.497 e. The van der Waals surface area contributed by atoms with Crippen molar-refractivity contribution >= 4 is 11.6 Å². The molecular formula is C13H14F2O4. The molecule has 0 aliphatic carbocycles. The lowest BCUT2D eigenvalue weighted by atomic mass is 10.0. The molecule has 0 unspecified atom stereocenters. The van der Waals surface area contributed by atoms with Crippen LogP contribution in [-0.2, 0) is 4.79 Å². The van der Waals surface area contributed by atoms with Crippen molar-refractivity contribution in [2.24, 2.45) is 0 Å². The number of hydrogen-bond acceptors (Lipinski definition) is 4. The van der Waals surface area contributed by atoms with Crippen LogP contribution in [0, 0.1) is 0 Å². The zero-order valence-electron chi connectivity index (χ0n) is 10.8. The predicted molar refractivity (Wildman–Crippen MR) is 64.1 cm³/mol. The van der Waals surface area contributed by atoms with E-state index in [0.29, 0.717) is 12.7 Å². The second kappa shape index (κ2) is 5.77. The number of Topliss-reactive ketones (excluding diaryl/α,β-unsaturated/α-hetero) is 2. The van der Waals surface area contributed by atoms with E-state index in [9.17, 15) is 18.4 Å². The third-order valence-corrected chi connectivity index (χ3v) is 2.52. The van der Waals surface area contributed by atoms with Gasteiger partial charge in [-0.3, -0.25) is 9.59 Å². The van der Waals surface area contributed by atoms with Gasteiger partial charge in [0.1, 0.15) is 11.5 Å². The molecule has 0 radical (unpaired) electrons. The van der Waals surface area contributed by atoms with Crippen molar-refractivity contribution in [2.75, 3.05) is 14.2 Å². The standard InChI is InChI=1S/C13H14F2O4/c1-13(14,15)12(17)7-10(16)9-5-4-8(18-2)6-11(9)19-3/h4-6H,7H2,1-3H3. The fourth-order valence-electron chi connectivity index (χ4n) is 1.43. The molecule has 0 fully saturated rings. The van der Waals surface area contributed by atoms with Crippen molar-refractivity contribution in [3.05, 3.63) is 23.8 Å². The van der Waals surface area contributed by atoms with Gasteiger partial charge in [-0.1, -0.05) is 0 Å². The van der Waals surface area contributed by atoms with Gasteiger partial charge in [-0.25, -0.2) is 0 Å². The number of halogens is 2. The number of carbonyl (C=O) groups is 2. The summed E-state index contributed by atoms with van der Waals surface area (Å²) in [4.78, 5) is 22.9. The van der Waals surface area contributed by atoms with E-state index in [1.807, 2.05) is 0 Å². The molecule has 6 heteroatoms. The molecule has 0 atom stereocenters. The Balaban J connectivity index is 2.97. The molecule has 0 spiro atoms. The van der Waals surface area contributed by atoms with Crippen molar-refractivity contribution in [3.8, 4) is 11.5 Å². The Hall–Kier alpha value is -1.98. The summed E-state index contributed by atoms with van der Waals surface area (Å²) in [6, 6.07) is 4.31. The Kier molecular flexibility index (Phi) is 4.58. The molecule has 0 bridgehead atoms. The van der Waals surface area contributed by atoms with E-state index in [0.717, 1.165) is 0 Å². The van der Waals surface area contributed by atoms with E-state index < -0.39 is 23.9 Å². The van der Waals surface area contributed by atoms with Gasteiger partial charge in [-0.15, -0.1) is 0 Å². The Morgan fingerprint density at radius 1 is 1.21 bits per heavy atom. The van der Waals surface area contributed by atoms with E-state index in [2.05, 4.69) is 0 Å². The molecule has 19 heavy (non-hydrogen) atoms. The smallest absolute Gasteiger partial charge is 0.303 e. The molecule has 0 aromatic heterocycles. The van der Waals surface area contributed by atoms with Gasteiger partial charge >= 0.3 is 5.92 Å². The first-order valence-corrected chi connectivity index (χ1v) is 5.46. The van der Waals surface area contributed by atoms with Gasteiger partial charge in [-0.2, -0.15) is 8.78 Å². The van der Waals surface area contributed by atoms with E-state index in [-0.39, 0.29) is 11.3 Å². The summed E-state index contributed by atoms with van der Waals surface area (Å²) < 4.78 is 35.4. The number of ketones is 2. The van der Waals surface area contributed by atoms with E-state index >= 15 is 0 Å². The highest BCUT2D eigenvalue weighted by Crippen LogP contribution is 2.26. The Morgan fingerprint density at radius 2 is 1.84 bits per heavy atom. The first-order chi connectivity index (χ1) is 8.79. The Morgan fingerprint density at radius 3 is 2.32 bits per heavy atom. The summed E-state index contributed by atoms with van der Waals surface area (Å²) in [5.41, 5.74) is 0.0703. The maximum Gasteiger partial charge on any atom is 0.303 e. The lowest BCUT2D eigenvalue weighted by Crippen LogP contribution is -2.26. The highest BCUT2D eigenvalue weighted by atomic mass is 19.3. The second-order valence-corrected chi connectivity index (χ2v) is 3.98.